The lowest BCUT2D eigenvalue weighted by Gasteiger charge is -2.21. The quantitative estimate of drug-likeness (QED) is 0.585. The second-order valence-electron chi connectivity index (χ2n) is 4.21. The molecule has 3 saturated heterocycles. The first-order valence-electron chi connectivity index (χ1n) is 4.92. The first kappa shape index (κ1) is 7.76. The Morgan fingerprint density at radius 2 is 2.38 bits per heavy atom. The van der Waals surface area contributed by atoms with Gasteiger partial charge in [-0.25, -0.2) is 0 Å². The lowest BCUT2D eigenvalue weighted by molar-refractivity contribution is -0.119. The predicted molar refractivity (Wildman–Crippen MR) is 46.2 cm³/mol. The molecule has 0 aliphatic carbocycles. The van der Waals surface area contributed by atoms with Gasteiger partial charge in [0.15, 0.2) is 0 Å². The highest BCUT2D eigenvalue weighted by molar-refractivity contribution is 5.73. The smallest absolute Gasteiger partial charge is 0.217 e. The molecule has 13 heavy (non-hydrogen) atoms. The van der Waals surface area contributed by atoms with Crippen molar-refractivity contribution in [2.45, 2.75) is 37.6 Å². The number of nitrogens with zero attached hydrogens (tertiary/aromatic N) is 1. The first-order chi connectivity index (χ1) is 6.25. The van der Waals surface area contributed by atoms with Gasteiger partial charge in [-0.1, -0.05) is 0 Å². The maximum atomic E-state index is 11.0. The first-order valence-corrected chi connectivity index (χ1v) is 4.92. The zero-order valence-electron chi connectivity index (χ0n) is 7.69. The number of ether oxygens (including phenoxy) is 1. The molecular formula is C9H14N2O2. The van der Waals surface area contributed by atoms with E-state index in [1.807, 2.05) is 0 Å². The summed E-state index contributed by atoms with van der Waals surface area (Å²) in [5.74, 6) is 0.0630. The van der Waals surface area contributed by atoms with Gasteiger partial charge in [-0.2, -0.15) is 0 Å². The van der Waals surface area contributed by atoms with Crippen LogP contribution in [-0.4, -0.2) is 48.2 Å². The molecule has 0 aromatic heterocycles. The van der Waals surface area contributed by atoms with E-state index in [2.05, 4.69) is 10.2 Å². The van der Waals surface area contributed by atoms with Crippen molar-refractivity contribution in [1.82, 2.24) is 10.2 Å². The van der Waals surface area contributed by atoms with Gasteiger partial charge in [-0.3, -0.25) is 9.69 Å². The van der Waals surface area contributed by atoms with Crippen molar-refractivity contribution in [3.63, 3.8) is 0 Å². The molecule has 1 N–H and O–H groups in total. The molecule has 4 atom stereocenters. The van der Waals surface area contributed by atoms with Crippen molar-refractivity contribution >= 4 is 5.91 Å². The number of nitrogens with one attached hydrogen (secondary N) is 1. The Bertz CT molecular complexity index is 242. The maximum absolute atomic E-state index is 11.0. The third kappa shape index (κ3) is 0.957. The van der Waals surface area contributed by atoms with Crippen LogP contribution >= 0.6 is 0 Å². The molecule has 0 saturated carbocycles. The number of amides is 1. The average molecular weight is 182 g/mol. The molecule has 3 fully saturated rings. The molecule has 3 aliphatic heterocycles. The standard InChI is InChI=1S/C9H14N2O2/c1-5(12)10-8-7-4-11-3-2-6(13-7)9(8)11/h6-9H,2-4H2,1H3,(H,10,12)/t6-,7+,8-,9-/m0/s1. The van der Waals surface area contributed by atoms with Crippen molar-refractivity contribution in [3.8, 4) is 0 Å². The van der Waals surface area contributed by atoms with Crippen LogP contribution < -0.4 is 5.32 Å². The number of rotatable bonds is 1. The molecule has 4 heteroatoms. The van der Waals surface area contributed by atoms with Crippen LogP contribution in [0.2, 0.25) is 0 Å². The van der Waals surface area contributed by atoms with Gasteiger partial charge in [0, 0.05) is 20.0 Å². The molecule has 3 heterocycles. The number of hydrogen-bond donors (Lipinski definition) is 1. The zero-order valence-corrected chi connectivity index (χ0v) is 7.69. The van der Waals surface area contributed by atoms with Gasteiger partial charge in [-0.05, 0) is 6.42 Å². The predicted octanol–water partition coefficient (Wildman–Crippen LogP) is -0.654. The van der Waals surface area contributed by atoms with Crippen LogP contribution in [0.15, 0.2) is 0 Å². The SMILES string of the molecule is CC(=O)N[C@@H]1[C@@H]2[C@@H]3CCN2C[C@H]1O3. The minimum Gasteiger partial charge on any atom is -0.370 e. The highest BCUT2D eigenvalue weighted by atomic mass is 16.5. The number of hydrogen-bond acceptors (Lipinski definition) is 3. The molecule has 0 aromatic carbocycles. The molecule has 0 unspecified atom stereocenters. The summed E-state index contributed by atoms with van der Waals surface area (Å²) >= 11 is 0. The van der Waals surface area contributed by atoms with Crippen molar-refractivity contribution < 1.29 is 9.53 Å². The summed E-state index contributed by atoms with van der Waals surface area (Å²) in [7, 11) is 0. The van der Waals surface area contributed by atoms with Crippen LogP contribution in [0, 0.1) is 0 Å². The molecular weight excluding hydrogens is 168 g/mol. The summed E-state index contributed by atoms with van der Waals surface area (Å²) in [6, 6.07) is 0.721. The Morgan fingerprint density at radius 3 is 3.08 bits per heavy atom. The Kier molecular flexibility index (Phi) is 1.46. The van der Waals surface area contributed by atoms with Gasteiger partial charge in [-0.15, -0.1) is 0 Å². The number of carbonyl (C=O) groups is 1. The summed E-state index contributed by atoms with van der Waals surface area (Å²) in [4.78, 5) is 13.4. The summed E-state index contributed by atoms with van der Waals surface area (Å²) in [6.07, 6.45) is 1.77. The second-order valence-corrected chi connectivity index (χ2v) is 4.21. The monoisotopic (exact) mass is 182 g/mol. The fourth-order valence-electron chi connectivity index (χ4n) is 3.00. The van der Waals surface area contributed by atoms with E-state index in [-0.39, 0.29) is 18.1 Å². The van der Waals surface area contributed by atoms with Gasteiger partial charge in [0.2, 0.25) is 5.91 Å². The second kappa shape index (κ2) is 2.45. The molecule has 0 radical (unpaired) electrons. The molecule has 72 valence electrons. The van der Waals surface area contributed by atoms with E-state index in [1.54, 1.807) is 6.92 Å². The van der Waals surface area contributed by atoms with Gasteiger partial charge >= 0.3 is 0 Å². The minimum atomic E-state index is 0.0630. The topological polar surface area (TPSA) is 41.6 Å². The van der Waals surface area contributed by atoms with Crippen LogP contribution in [0.4, 0.5) is 0 Å². The van der Waals surface area contributed by atoms with E-state index >= 15 is 0 Å². The number of morpholine rings is 1. The van der Waals surface area contributed by atoms with Crippen molar-refractivity contribution in [2.24, 2.45) is 0 Å². The lowest BCUT2D eigenvalue weighted by atomic mass is 10.1. The van der Waals surface area contributed by atoms with E-state index in [1.165, 1.54) is 0 Å². The highest BCUT2D eigenvalue weighted by Crippen LogP contribution is 2.39. The fraction of sp³-hybridized carbons (Fsp3) is 0.889. The third-order valence-electron chi connectivity index (χ3n) is 3.41. The zero-order chi connectivity index (χ0) is 9.00. The van der Waals surface area contributed by atoms with Crippen LogP contribution in [-0.2, 0) is 9.53 Å². The van der Waals surface area contributed by atoms with Crippen molar-refractivity contribution in [3.05, 3.63) is 0 Å². The van der Waals surface area contributed by atoms with E-state index in [0.29, 0.717) is 12.1 Å². The fourth-order valence-corrected chi connectivity index (χ4v) is 3.00. The van der Waals surface area contributed by atoms with E-state index in [4.69, 9.17) is 4.74 Å². The summed E-state index contributed by atoms with van der Waals surface area (Å²) < 4.78 is 5.81. The normalized spacial score (nSPS) is 47.2. The average Bonchev–Trinajstić information content (AvgIpc) is 2.60. The molecule has 4 nitrogen and oxygen atoms in total. The summed E-state index contributed by atoms with van der Waals surface area (Å²) in [5.41, 5.74) is 0. The van der Waals surface area contributed by atoms with Gasteiger partial charge in [0.05, 0.1) is 24.3 Å². The van der Waals surface area contributed by atoms with E-state index in [0.717, 1.165) is 19.5 Å². The van der Waals surface area contributed by atoms with Crippen LogP contribution in [0.5, 0.6) is 0 Å². The number of carbonyl (C=O) groups excluding carboxylic acids is 1. The van der Waals surface area contributed by atoms with Crippen LogP contribution in [0.3, 0.4) is 0 Å². The Labute approximate surface area is 77.2 Å². The summed E-state index contributed by atoms with van der Waals surface area (Å²) in [5, 5.41) is 3.00. The maximum Gasteiger partial charge on any atom is 0.217 e. The molecule has 2 bridgehead atoms. The molecule has 1 amide bonds. The van der Waals surface area contributed by atoms with Gasteiger partial charge in [0.1, 0.15) is 0 Å². The van der Waals surface area contributed by atoms with Crippen LogP contribution in [0.1, 0.15) is 13.3 Å². The Morgan fingerprint density at radius 1 is 1.54 bits per heavy atom. The van der Waals surface area contributed by atoms with Gasteiger partial charge < -0.3 is 10.1 Å². The molecule has 0 aromatic rings. The molecule has 0 spiro atoms. The molecule has 3 aliphatic rings. The van der Waals surface area contributed by atoms with Crippen LogP contribution in [0.25, 0.3) is 0 Å². The third-order valence-corrected chi connectivity index (χ3v) is 3.41. The molecule has 3 rings (SSSR count). The van der Waals surface area contributed by atoms with Gasteiger partial charge in [0.25, 0.3) is 0 Å². The Balaban J connectivity index is 1.81. The van der Waals surface area contributed by atoms with Crippen molar-refractivity contribution in [1.29, 1.82) is 0 Å². The van der Waals surface area contributed by atoms with E-state index < -0.39 is 0 Å². The minimum absolute atomic E-state index is 0.0630. The highest BCUT2D eigenvalue weighted by Gasteiger charge is 2.57. The van der Waals surface area contributed by atoms with E-state index in [9.17, 15) is 4.79 Å². The lowest BCUT2D eigenvalue weighted by Crippen LogP contribution is -2.44. The summed E-state index contributed by atoms with van der Waals surface area (Å²) in [6.45, 7) is 3.73. The largest absolute Gasteiger partial charge is 0.370 e. The van der Waals surface area contributed by atoms with Crippen molar-refractivity contribution in [2.75, 3.05) is 13.1 Å². The number of fused-ring (bicyclic) bond motifs is 1. The Hall–Kier alpha value is -0.610.